The maximum atomic E-state index is 13.0. The van der Waals surface area contributed by atoms with Gasteiger partial charge in [-0.25, -0.2) is 0 Å². The Hall–Kier alpha value is -2.50. The van der Waals surface area contributed by atoms with Crippen LogP contribution in [0.15, 0.2) is 42.5 Å². The third kappa shape index (κ3) is 3.37. The van der Waals surface area contributed by atoms with Gasteiger partial charge in [-0.1, -0.05) is 29.8 Å². The predicted molar refractivity (Wildman–Crippen MR) is 84.0 cm³/mol. The van der Waals surface area contributed by atoms with Crippen molar-refractivity contribution in [2.45, 2.75) is 32.0 Å². The number of amides is 1. The molecule has 0 bridgehead atoms. The molecule has 24 heavy (non-hydrogen) atoms. The molecule has 1 aliphatic rings. The molecule has 0 fully saturated rings. The number of aryl methyl sites for hydroxylation is 2. The summed E-state index contributed by atoms with van der Waals surface area (Å²) in [6.45, 7) is 1.97. The molecule has 2 aromatic rings. The first-order valence-corrected chi connectivity index (χ1v) is 7.58. The molecule has 126 valence electrons. The van der Waals surface area contributed by atoms with Gasteiger partial charge in [0.05, 0.1) is 11.3 Å². The van der Waals surface area contributed by atoms with Crippen molar-refractivity contribution in [2.24, 2.45) is 0 Å². The van der Waals surface area contributed by atoms with Crippen LogP contribution in [0.1, 0.15) is 23.1 Å². The molecule has 3 nitrogen and oxygen atoms in total. The van der Waals surface area contributed by atoms with Crippen molar-refractivity contribution in [3.05, 3.63) is 59.2 Å². The average Bonchev–Trinajstić information content (AvgIpc) is 2.53. The SMILES string of the molecule is Cc1ccc2c(c1)CCC(C(=O)Nc1ccccc1C(F)(F)F)O2. The van der Waals surface area contributed by atoms with E-state index in [1.54, 1.807) is 6.07 Å². The number of halogens is 3. The minimum absolute atomic E-state index is 0.256. The second-order valence-corrected chi connectivity index (χ2v) is 5.79. The van der Waals surface area contributed by atoms with Crippen LogP contribution in [0.4, 0.5) is 18.9 Å². The molecule has 2 aromatic carbocycles. The summed E-state index contributed by atoms with van der Waals surface area (Å²) < 4.78 is 44.6. The van der Waals surface area contributed by atoms with Gasteiger partial charge in [0.1, 0.15) is 5.75 Å². The summed E-state index contributed by atoms with van der Waals surface area (Å²) in [6.07, 6.45) is -4.25. The minimum atomic E-state index is -4.53. The van der Waals surface area contributed by atoms with E-state index in [0.29, 0.717) is 18.6 Å². The molecule has 3 rings (SSSR count). The van der Waals surface area contributed by atoms with E-state index in [1.165, 1.54) is 18.2 Å². The largest absolute Gasteiger partial charge is 0.480 e. The molecule has 1 N–H and O–H groups in total. The van der Waals surface area contributed by atoms with Gasteiger partial charge in [0.2, 0.25) is 0 Å². The van der Waals surface area contributed by atoms with Crippen molar-refractivity contribution >= 4 is 11.6 Å². The third-order valence-corrected chi connectivity index (χ3v) is 3.94. The Labute approximate surface area is 137 Å². The Morgan fingerprint density at radius 1 is 1.21 bits per heavy atom. The van der Waals surface area contributed by atoms with Gasteiger partial charge in [0.25, 0.3) is 5.91 Å². The Morgan fingerprint density at radius 3 is 2.71 bits per heavy atom. The molecule has 1 amide bonds. The van der Waals surface area contributed by atoms with E-state index in [0.717, 1.165) is 17.2 Å². The highest BCUT2D eigenvalue weighted by molar-refractivity contribution is 5.95. The van der Waals surface area contributed by atoms with E-state index in [2.05, 4.69) is 5.32 Å². The number of alkyl halides is 3. The van der Waals surface area contributed by atoms with Gasteiger partial charge in [-0.2, -0.15) is 13.2 Å². The highest BCUT2D eigenvalue weighted by atomic mass is 19.4. The molecule has 6 heteroatoms. The maximum Gasteiger partial charge on any atom is 0.418 e. The summed E-state index contributed by atoms with van der Waals surface area (Å²) in [4.78, 5) is 12.3. The zero-order valence-electron chi connectivity index (χ0n) is 13.0. The molecule has 0 saturated heterocycles. The van der Waals surface area contributed by atoms with Crippen molar-refractivity contribution in [3.8, 4) is 5.75 Å². The number of ether oxygens (including phenoxy) is 1. The summed E-state index contributed by atoms with van der Waals surface area (Å²) in [7, 11) is 0. The topological polar surface area (TPSA) is 38.3 Å². The first-order chi connectivity index (χ1) is 11.3. The van der Waals surface area contributed by atoms with Gasteiger partial charge in [0.15, 0.2) is 6.10 Å². The fraction of sp³-hybridized carbons (Fsp3) is 0.278. The van der Waals surface area contributed by atoms with Crippen LogP contribution in [0.2, 0.25) is 0 Å². The Balaban J connectivity index is 1.76. The number of anilines is 1. The van der Waals surface area contributed by atoms with Crippen LogP contribution in [-0.4, -0.2) is 12.0 Å². The molecule has 1 unspecified atom stereocenters. The smallest absolute Gasteiger partial charge is 0.418 e. The van der Waals surface area contributed by atoms with Crippen LogP contribution >= 0.6 is 0 Å². The lowest BCUT2D eigenvalue weighted by Crippen LogP contribution is -2.36. The molecular formula is C18H16F3NO2. The molecule has 1 atom stereocenters. The average molecular weight is 335 g/mol. The van der Waals surface area contributed by atoms with E-state index in [4.69, 9.17) is 4.74 Å². The number of para-hydroxylation sites is 1. The molecule has 0 radical (unpaired) electrons. The number of hydrogen-bond acceptors (Lipinski definition) is 2. The van der Waals surface area contributed by atoms with Gasteiger partial charge >= 0.3 is 6.18 Å². The van der Waals surface area contributed by atoms with Crippen LogP contribution in [0.25, 0.3) is 0 Å². The van der Waals surface area contributed by atoms with E-state index in [1.807, 2.05) is 19.1 Å². The van der Waals surface area contributed by atoms with E-state index in [9.17, 15) is 18.0 Å². The molecule has 0 aliphatic carbocycles. The fourth-order valence-electron chi connectivity index (χ4n) is 2.75. The number of fused-ring (bicyclic) bond motifs is 1. The summed E-state index contributed by atoms with van der Waals surface area (Å²) >= 11 is 0. The summed E-state index contributed by atoms with van der Waals surface area (Å²) in [5.74, 6) is 0.0361. The zero-order chi connectivity index (χ0) is 17.3. The van der Waals surface area contributed by atoms with Crippen molar-refractivity contribution < 1.29 is 22.7 Å². The minimum Gasteiger partial charge on any atom is -0.480 e. The number of benzene rings is 2. The number of rotatable bonds is 2. The van der Waals surface area contributed by atoms with Gasteiger partial charge in [-0.15, -0.1) is 0 Å². The first-order valence-electron chi connectivity index (χ1n) is 7.58. The zero-order valence-corrected chi connectivity index (χ0v) is 13.0. The van der Waals surface area contributed by atoms with Gasteiger partial charge in [-0.05, 0) is 43.5 Å². The van der Waals surface area contributed by atoms with Gasteiger partial charge in [-0.3, -0.25) is 4.79 Å². The lowest BCUT2D eigenvalue weighted by Gasteiger charge is -2.26. The van der Waals surface area contributed by atoms with E-state index in [-0.39, 0.29) is 5.69 Å². The van der Waals surface area contributed by atoms with E-state index >= 15 is 0 Å². The van der Waals surface area contributed by atoms with Crippen LogP contribution in [0.3, 0.4) is 0 Å². The van der Waals surface area contributed by atoms with Crippen molar-refractivity contribution in [1.82, 2.24) is 0 Å². The summed E-state index contributed by atoms with van der Waals surface area (Å²) in [6, 6.07) is 10.6. The number of nitrogens with one attached hydrogen (secondary N) is 1. The van der Waals surface area contributed by atoms with Crippen LogP contribution in [0.5, 0.6) is 5.75 Å². The lowest BCUT2D eigenvalue weighted by atomic mass is 10.00. The van der Waals surface area contributed by atoms with Crippen molar-refractivity contribution in [3.63, 3.8) is 0 Å². The van der Waals surface area contributed by atoms with Crippen LogP contribution in [-0.2, 0) is 17.4 Å². The first kappa shape index (κ1) is 16.4. The summed E-state index contributed by atoms with van der Waals surface area (Å²) in [5, 5.41) is 2.35. The van der Waals surface area contributed by atoms with Crippen LogP contribution < -0.4 is 10.1 Å². The third-order valence-electron chi connectivity index (χ3n) is 3.94. The quantitative estimate of drug-likeness (QED) is 0.886. The molecular weight excluding hydrogens is 319 g/mol. The second-order valence-electron chi connectivity index (χ2n) is 5.79. The highest BCUT2D eigenvalue weighted by Gasteiger charge is 2.34. The van der Waals surface area contributed by atoms with Crippen LogP contribution in [0, 0.1) is 6.92 Å². The van der Waals surface area contributed by atoms with E-state index < -0.39 is 23.8 Å². The molecule has 0 spiro atoms. The Kier molecular flexibility index (Phi) is 4.22. The number of carbonyl (C=O) groups is 1. The molecule has 0 aromatic heterocycles. The fourth-order valence-corrected chi connectivity index (χ4v) is 2.75. The predicted octanol–water partition coefficient (Wildman–Crippen LogP) is 4.35. The highest BCUT2D eigenvalue weighted by Crippen LogP contribution is 2.35. The lowest BCUT2D eigenvalue weighted by molar-refractivity contribution is -0.137. The normalized spacial score (nSPS) is 16.9. The number of carbonyl (C=O) groups excluding carboxylic acids is 1. The monoisotopic (exact) mass is 335 g/mol. The second kappa shape index (κ2) is 6.19. The molecule has 1 aliphatic heterocycles. The Bertz CT molecular complexity index is 771. The summed E-state index contributed by atoms with van der Waals surface area (Å²) in [5.41, 5.74) is 0.979. The van der Waals surface area contributed by atoms with Gasteiger partial charge in [0, 0.05) is 0 Å². The standard InChI is InChI=1S/C18H16F3NO2/c1-11-6-8-15-12(10-11)7-9-16(24-15)17(23)22-14-5-3-2-4-13(14)18(19,20)21/h2-6,8,10,16H,7,9H2,1H3,(H,22,23). The van der Waals surface area contributed by atoms with Gasteiger partial charge < -0.3 is 10.1 Å². The Morgan fingerprint density at radius 2 is 1.96 bits per heavy atom. The number of hydrogen-bond donors (Lipinski definition) is 1. The molecule has 1 heterocycles. The van der Waals surface area contributed by atoms with Crippen molar-refractivity contribution in [1.29, 1.82) is 0 Å². The molecule has 0 saturated carbocycles. The van der Waals surface area contributed by atoms with Crippen molar-refractivity contribution in [2.75, 3.05) is 5.32 Å². The maximum absolute atomic E-state index is 13.0.